The zero-order valence-corrected chi connectivity index (χ0v) is 9.35. The molecule has 0 aliphatic carbocycles. The summed E-state index contributed by atoms with van der Waals surface area (Å²) in [5, 5.41) is 1.96. The minimum Gasteiger partial charge on any atom is -0.443 e. The highest BCUT2D eigenvalue weighted by Gasteiger charge is 2.23. The molecule has 1 aromatic heterocycles. The second kappa shape index (κ2) is 3.96. The number of aromatic nitrogens is 1. The topological polar surface area (TPSA) is 65.2 Å². The van der Waals surface area contributed by atoms with Crippen LogP contribution in [0.5, 0.6) is 0 Å². The summed E-state index contributed by atoms with van der Waals surface area (Å²) in [6, 6.07) is 0. The Labute approximate surface area is 87.2 Å². The van der Waals surface area contributed by atoms with Crippen LogP contribution in [0.1, 0.15) is 25.1 Å². The molecule has 5 heteroatoms. The molecule has 1 aromatic rings. The molecule has 4 nitrogen and oxygen atoms in total. The molecule has 0 spiro atoms. The summed E-state index contributed by atoms with van der Waals surface area (Å²) in [6.45, 7) is 5.59. The van der Waals surface area contributed by atoms with Crippen molar-refractivity contribution in [3.8, 4) is 0 Å². The van der Waals surface area contributed by atoms with Crippen LogP contribution in [0.3, 0.4) is 0 Å². The van der Waals surface area contributed by atoms with Gasteiger partial charge in [-0.25, -0.2) is 4.79 Å². The molecule has 0 saturated carbocycles. The summed E-state index contributed by atoms with van der Waals surface area (Å²) in [4.78, 5) is 10.6. The number of primary amides is 1. The highest BCUT2D eigenvalue weighted by Crippen LogP contribution is 2.20. The Morgan fingerprint density at radius 1 is 1.71 bits per heavy atom. The van der Waals surface area contributed by atoms with Crippen molar-refractivity contribution < 1.29 is 9.53 Å². The Kier molecular flexibility index (Phi) is 3.10. The van der Waals surface area contributed by atoms with Crippen molar-refractivity contribution in [2.75, 3.05) is 0 Å². The maximum absolute atomic E-state index is 10.6. The van der Waals surface area contributed by atoms with Crippen molar-refractivity contribution in [3.05, 3.63) is 16.6 Å². The van der Waals surface area contributed by atoms with Crippen LogP contribution in [0.15, 0.2) is 5.38 Å². The van der Waals surface area contributed by atoms with Gasteiger partial charge in [-0.15, -0.1) is 0 Å². The number of nitrogens with zero attached hydrogens (tertiary/aromatic N) is 1. The van der Waals surface area contributed by atoms with Gasteiger partial charge in [0.2, 0.25) is 0 Å². The molecule has 1 amide bonds. The first-order valence-corrected chi connectivity index (χ1v) is 5.13. The molecule has 78 valence electrons. The Hall–Kier alpha value is -1.10. The number of aryl methyl sites for hydroxylation is 1. The fraction of sp³-hybridized carbons (Fsp3) is 0.556. The van der Waals surface area contributed by atoms with Gasteiger partial charge >= 0.3 is 6.09 Å². The number of nitrogens with two attached hydrogens (primary N) is 1. The van der Waals surface area contributed by atoms with Crippen molar-refractivity contribution in [1.82, 2.24) is 4.37 Å². The third-order valence-corrected chi connectivity index (χ3v) is 2.61. The molecule has 2 N–H and O–H groups in total. The molecule has 14 heavy (non-hydrogen) atoms. The van der Waals surface area contributed by atoms with Crippen molar-refractivity contribution in [1.29, 1.82) is 0 Å². The molecule has 1 heterocycles. The van der Waals surface area contributed by atoms with Crippen LogP contribution in [-0.2, 0) is 11.2 Å². The minimum atomic E-state index is -0.740. The van der Waals surface area contributed by atoms with E-state index in [1.165, 1.54) is 11.5 Å². The molecule has 0 aliphatic rings. The third kappa shape index (κ3) is 2.99. The minimum absolute atomic E-state index is 0.570. The third-order valence-electron chi connectivity index (χ3n) is 1.84. The van der Waals surface area contributed by atoms with E-state index in [2.05, 4.69) is 4.37 Å². The number of carbonyl (C=O) groups excluding carboxylic acids is 1. The first-order valence-electron chi connectivity index (χ1n) is 4.29. The fourth-order valence-electron chi connectivity index (χ4n) is 1.25. The number of ether oxygens (including phenoxy) is 1. The molecule has 0 unspecified atom stereocenters. The SMILES string of the molecule is Cc1nscc1CC(C)(C)OC(N)=O. The second-order valence-corrected chi connectivity index (χ2v) is 4.41. The number of amides is 1. The summed E-state index contributed by atoms with van der Waals surface area (Å²) in [5.41, 5.74) is 6.48. The highest BCUT2D eigenvalue weighted by molar-refractivity contribution is 7.03. The van der Waals surface area contributed by atoms with Crippen molar-refractivity contribution >= 4 is 17.6 Å². The number of hydrogen-bond acceptors (Lipinski definition) is 4. The van der Waals surface area contributed by atoms with Crippen LogP contribution < -0.4 is 5.73 Å². The maximum atomic E-state index is 10.6. The van der Waals surface area contributed by atoms with E-state index in [1.54, 1.807) is 0 Å². The van der Waals surface area contributed by atoms with E-state index in [-0.39, 0.29) is 0 Å². The molecule has 0 saturated heterocycles. The molecule has 0 bridgehead atoms. The lowest BCUT2D eigenvalue weighted by atomic mass is 9.99. The monoisotopic (exact) mass is 214 g/mol. The predicted molar refractivity (Wildman–Crippen MR) is 55.3 cm³/mol. The molecule has 0 atom stereocenters. The van der Waals surface area contributed by atoms with Gasteiger partial charge in [0.15, 0.2) is 0 Å². The lowest BCUT2D eigenvalue weighted by Gasteiger charge is -2.23. The van der Waals surface area contributed by atoms with Gasteiger partial charge in [-0.05, 0) is 37.9 Å². The van der Waals surface area contributed by atoms with E-state index in [9.17, 15) is 4.79 Å². The van der Waals surface area contributed by atoms with Crippen LogP contribution in [-0.4, -0.2) is 16.1 Å². The lowest BCUT2D eigenvalue weighted by molar-refractivity contribution is 0.0459. The van der Waals surface area contributed by atoms with E-state index in [1.807, 2.05) is 26.2 Å². The summed E-state index contributed by atoms with van der Waals surface area (Å²) >= 11 is 1.40. The zero-order chi connectivity index (χ0) is 10.8. The molecule has 0 radical (unpaired) electrons. The smallest absolute Gasteiger partial charge is 0.405 e. The molecule has 1 rings (SSSR count). The summed E-state index contributed by atoms with van der Waals surface area (Å²) in [5.74, 6) is 0. The highest BCUT2D eigenvalue weighted by atomic mass is 32.1. The zero-order valence-electron chi connectivity index (χ0n) is 8.53. The van der Waals surface area contributed by atoms with Gasteiger partial charge in [0.05, 0.1) is 5.69 Å². The maximum Gasteiger partial charge on any atom is 0.405 e. The van der Waals surface area contributed by atoms with Gasteiger partial charge < -0.3 is 10.5 Å². The van der Waals surface area contributed by atoms with Gasteiger partial charge in [-0.2, -0.15) is 4.37 Å². The number of carbonyl (C=O) groups is 1. The quantitative estimate of drug-likeness (QED) is 0.835. The number of hydrogen-bond donors (Lipinski definition) is 1. The first kappa shape index (κ1) is 11.0. The summed E-state index contributed by atoms with van der Waals surface area (Å²) in [6.07, 6.45) is -0.103. The van der Waals surface area contributed by atoms with Gasteiger partial charge in [0.25, 0.3) is 0 Å². The summed E-state index contributed by atoms with van der Waals surface area (Å²) in [7, 11) is 0. The van der Waals surface area contributed by atoms with Gasteiger partial charge in [-0.3, -0.25) is 0 Å². The van der Waals surface area contributed by atoms with Gasteiger partial charge in [-0.1, -0.05) is 0 Å². The lowest BCUT2D eigenvalue weighted by Crippen LogP contribution is -2.33. The normalized spacial score (nSPS) is 11.4. The van der Waals surface area contributed by atoms with Crippen molar-refractivity contribution in [3.63, 3.8) is 0 Å². The molecular formula is C9H14N2O2S. The average Bonchev–Trinajstić information content (AvgIpc) is 2.32. The Balaban J connectivity index is 2.68. The Bertz CT molecular complexity index is 333. The van der Waals surface area contributed by atoms with Crippen LogP contribution in [0, 0.1) is 6.92 Å². The predicted octanol–water partition coefficient (Wildman–Crippen LogP) is 1.87. The number of rotatable bonds is 3. The largest absolute Gasteiger partial charge is 0.443 e. The van der Waals surface area contributed by atoms with Crippen LogP contribution in [0.25, 0.3) is 0 Å². The Morgan fingerprint density at radius 2 is 2.36 bits per heavy atom. The van der Waals surface area contributed by atoms with Crippen molar-refractivity contribution in [2.24, 2.45) is 5.73 Å². The van der Waals surface area contributed by atoms with E-state index in [0.717, 1.165) is 11.3 Å². The van der Waals surface area contributed by atoms with Gasteiger partial charge in [0, 0.05) is 11.8 Å². The first-order chi connectivity index (χ1) is 6.41. The fourth-order valence-corrected chi connectivity index (χ4v) is 1.96. The van der Waals surface area contributed by atoms with E-state index < -0.39 is 11.7 Å². The van der Waals surface area contributed by atoms with E-state index in [4.69, 9.17) is 10.5 Å². The van der Waals surface area contributed by atoms with Crippen LogP contribution in [0.4, 0.5) is 4.79 Å². The average molecular weight is 214 g/mol. The molecular weight excluding hydrogens is 200 g/mol. The molecule has 0 aliphatic heterocycles. The molecule has 0 fully saturated rings. The molecule has 0 aromatic carbocycles. The van der Waals surface area contributed by atoms with Crippen LogP contribution in [0.2, 0.25) is 0 Å². The summed E-state index contributed by atoms with van der Waals surface area (Å²) < 4.78 is 9.13. The van der Waals surface area contributed by atoms with E-state index in [0.29, 0.717) is 6.42 Å². The Morgan fingerprint density at radius 3 is 2.79 bits per heavy atom. The van der Waals surface area contributed by atoms with Gasteiger partial charge in [0.1, 0.15) is 5.60 Å². The van der Waals surface area contributed by atoms with Crippen LogP contribution >= 0.6 is 11.5 Å². The standard InChI is InChI=1S/C9H14N2O2S/c1-6-7(5-14-11-6)4-9(2,3)13-8(10)12/h5H,4H2,1-3H3,(H2,10,12). The van der Waals surface area contributed by atoms with E-state index >= 15 is 0 Å². The van der Waals surface area contributed by atoms with Crippen molar-refractivity contribution in [2.45, 2.75) is 32.8 Å². The second-order valence-electron chi connectivity index (χ2n) is 3.78.